The van der Waals surface area contributed by atoms with Crippen molar-refractivity contribution in [3.8, 4) is 22.6 Å². The van der Waals surface area contributed by atoms with Gasteiger partial charge >= 0.3 is 0 Å². The SMILES string of the molecule is COc1ccc(-c2ccccc2OC)cc1C(=O)/C=C/c1ccc(CCN(C)C)cc1. The van der Waals surface area contributed by atoms with Crippen LogP contribution in [0.5, 0.6) is 11.5 Å². The summed E-state index contributed by atoms with van der Waals surface area (Å²) in [6, 6.07) is 21.7. The standard InChI is InChI=1S/C27H29NO3/c1-28(2)18-17-21-11-9-20(10-12-21)13-15-25(29)24-19-22(14-16-27(24)31-4)23-7-5-6-8-26(23)30-3/h5-16,19H,17-18H2,1-4H3/b15-13+. The number of likely N-dealkylation sites (N-methyl/N-ethyl adjacent to an activating group) is 1. The maximum absolute atomic E-state index is 13.0. The van der Waals surface area contributed by atoms with Gasteiger partial charge in [-0.25, -0.2) is 0 Å². The Labute approximate surface area is 184 Å². The first kappa shape index (κ1) is 22.3. The van der Waals surface area contributed by atoms with Gasteiger partial charge in [0.1, 0.15) is 11.5 Å². The van der Waals surface area contributed by atoms with E-state index >= 15 is 0 Å². The Bertz CT molecular complexity index is 1050. The smallest absolute Gasteiger partial charge is 0.189 e. The van der Waals surface area contributed by atoms with Crippen molar-refractivity contribution in [3.05, 3.63) is 89.5 Å². The summed E-state index contributed by atoms with van der Waals surface area (Å²) >= 11 is 0. The summed E-state index contributed by atoms with van der Waals surface area (Å²) in [6.07, 6.45) is 4.44. The number of hydrogen-bond acceptors (Lipinski definition) is 4. The molecule has 0 unspecified atom stereocenters. The molecule has 0 saturated heterocycles. The van der Waals surface area contributed by atoms with Gasteiger partial charge in [-0.05, 0) is 61.5 Å². The maximum atomic E-state index is 13.0. The van der Waals surface area contributed by atoms with Crippen molar-refractivity contribution in [1.82, 2.24) is 4.90 Å². The zero-order valence-corrected chi connectivity index (χ0v) is 18.6. The molecule has 0 atom stereocenters. The Morgan fingerprint density at radius 2 is 1.61 bits per heavy atom. The number of benzene rings is 3. The topological polar surface area (TPSA) is 38.8 Å². The Hall–Kier alpha value is -3.37. The van der Waals surface area contributed by atoms with E-state index in [1.807, 2.05) is 60.7 Å². The van der Waals surface area contributed by atoms with E-state index in [4.69, 9.17) is 9.47 Å². The van der Waals surface area contributed by atoms with Crippen molar-refractivity contribution in [2.24, 2.45) is 0 Å². The second-order valence-electron chi connectivity index (χ2n) is 7.61. The summed E-state index contributed by atoms with van der Waals surface area (Å²) in [4.78, 5) is 15.1. The van der Waals surface area contributed by atoms with Crippen LogP contribution in [0.2, 0.25) is 0 Å². The highest BCUT2D eigenvalue weighted by Gasteiger charge is 2.13. The number of para-hydroxylation sites is 1. The lowest BCUT2D eigenvalue weighted by Crippen LogP contribution is -2.14. The van der Waals surface area contributed by atoms with Gasteiger partial charge in [-0.3, -0.25) is 4.79 Å². The maximum Gasteiger partial charge on any atom is 0.189 e. The average Bonchev–Trinajstić information content (AvgIpc) is 2.81. The van der Waals surface area contributed by atoms with E-state index in [2.05, 4.69) is 31.1 Å². The van der Waals surface area contributed by atoms with Crippen LogP contribution in [0.3, 0.4) is 0 Å². The molecule has 0 amide bonds. The van der Waals surface area contributed by atoms with E-state index in [-0.39, 0.29) is 5.78 Å². The van der Waals surface area contributed by atoms with Crippen molar-refractivity contribution in [3.63, 3.8) is 0 Å². The molecule has 0 N–H and O–H groups in total. The summed E-state index contributed by atoms with van der Waals surface area (Å²) in [6.45, 7) is 1.01. The predicted octanol–water partition coefficient (Wildman–Crippen LogP) is 5.37. The number of hydrogen-bond donors (Lipinski definition) is 0. The van der Waals surface area contributed by atoms with Crippen molar-refractivity contribution >= 4 is 11.9 Å². The molecule has 0 aromatic heterocycles. The zero-order chi connectivity index (χ0) is 22.2. The summed E-state index contributed by atoms with van der Waals surface area (Å²) in [5.41, 5.74) is 4.62. The summed E-state index contributed by atoms with van der Waals surface area (Å²) in [5.74, 6) is 1.20. The molecule has 0 aliphatic carbocycles. The molecule has 160 valence electrons. The molecule has 0 fully saturated rings. The summed E-state index contributed by atoms with van der Waals surface area (Å²) in [7, 11) is 7.35. The molecule has 0 aliphatic rings. The van der Waals surface area contributed by atoms with E-state index in [0.29, 0.717) is 11.3 Å². The number of methoxy groups -OCH3 is 2. The van der Waals surface area contributed by atoms with Crippen LogP contribution < -0.4 is 9.47 Å². The number of ether oxygens (including phenoxy) is 2. The van der Waals surface area contributed by atoms with Gasteiger partial charge in [0.15, 0.2) is 5.78 Å². The van der Waals surface area contributed by atoms with Gasteiger partial charge in [0.2, 0.25) is 0 Å². The van der Waals surface area contributed by atoms with Crippen LogP contribution in [0.15, 0.2) is 72.8 Å². The molecule has 0 heterocycles. The lowest BCUT2D eigenvalue weighted by Gasteiger charge is -2.12. The van der Waals surface area contributed by atoms with Crippen LogP contribution in [0.4, 0.5) is 0 Å². The fraction of sp³-hybridized carbons (Fsp3) is 0.222. The molecular formula is C27H29NO3. The van der Waals surface area contributed by atoms with E-state index in [9.17, 15) is 4.79 Å². The first-order valence-corrected chi connectivity index (χ1v) is 10.3. The van der Waals surface area contributed by atoms with Crippen molar-refractivity contribution < 1.29 is 14.3 Å². The quantitative estimate of drug-likeness (QED) is 0.348. The number of allylic oxidation sites excluding steroid dienone is 1. The van der Waals surface area contributed by atoms with Crippen LogP contribution in [0.25, 0.3) is 17.2 Å². The minimum Gasteiger partial charge on any atom is -0.496 e. The van der Waals surface area contributed by atoms with Crippen LogP contribution in [-0.4, -0.2) is 45.5 Å². The van der Waals surface area contributed by atoms with Crippen molar-refractivity contribution in [2.75, 3.05) is 34.9 Å². The molecule has 3 aromatic rings. The number of rotatable bonds is 9. The van der Waals surface area contributed by atoms with E-state index in [0.717, 1.165) is 35.4 Å². The van der Waals surface area contributed by atoms with Gasteiger partial charge in [-0.2, -0.15) is 0 Å². The van der Waals surface area contributed by atoms with Crippen molar-refractivity contribution in [1.29, 1.82) is 0 Å². The van der Waals surface area contributed by atoms with Gasteiger partial charge in [0.05, 0.1) is 19.8 Å². The van der Waals surface area contributed by atoms with E-state index in [1.165, 1.54) is 5.56 Å². The number of ketones is 1. The molecule has 0 bridgehead atoms. The van der Waals surface area contributed by atoms with Crippen molar-refractivity contribution in [2.45, 2.75) is 6.42 Å². The van der Waals surface area contributed by atoms with Gasteiger partial charge in [-0.1, -0.05) is 54.6 Å². The first-order chi connectivity index (χ1) is 15.0. The average molecular weight is 416 g/mol. The Kier molecular flexibility index (Phi) is 7.63. The number of nitrogens with zero attached hydrogens (tertiary/aromatic N) is 1. The van der Waals surface area contributed by atoms with Gasteiger partial charge in [0, 0.05) is 12.1 Å². The molecule has 0 radical (unpaired) electrons. The monoisotopic (exact) mass is 415 g/mol. The van der Waals surface area contributed by atoms with Gasteiger partial charge < -0.3 is 14.4 Å². The molecule has 4 nitrogen and oxygen atoms in total. The lowest BCUT2D eigenvalue weighted by atomic mass is 9.99. The molecule has 4 heteroatoms. The number of carbonyl (C=O) groups excluding carboxylic acids is 1. The summed E-state index contributed by atoms with van der Waals surface area (Å²) < 4.78 is 10.9. The van der Waals surface area contributed by atoms with Gasteiger partial charge in [-0.15, -0.1) is 0 Å². The van der Waals surface area contributed by atoms with E-state index in [1.54, 1.807) is 20.3 Å². The highest BCUT2D eigenvalue weighted by molar-refractivity contribution is 6.09. The fourth-order valence-corrected chi connectivity index (χ4v) is 3.36. The minimum atomic E-state index is -0.106. The Balaban J connectivity index is 1.82. The van der Waals surface area contributed by atoms with Crippen LogP contribution in [0, 0.1) is 0 Å². The number of carbonyl (C=O) groups is 1. The zero-order valence-electron chi connectivity index (χ0n) is 18.6. The molecule has 3 aromatic carbocycles. The third kappa shape index (κ3) is 5.83. The molecule has 0 saturated carbocycles. The van der Waals surface area contributed by atoms with Crippen LogP contribution in [0.1, 0.15) is 21.5 Å². The third-order valence-electron chi connectivity index (χ3n) is 5.14. The molecule has 31 heavy (non-hydrogen) atoms. The molecule has 3 rings (SSSR count). The molecule has 0 spiro atoms. The molecular weight excluding hydrogens is 386 g/mol. The van der Waals surface area contributed by atoms with Gasteiger partial charge in [0.25, 0.3) is 0 Å². The van der Waals surface area contributed by atoms with E-state index < -0.39 is 0 Å². The molecule has 0 aliphatic heterocycles. The third-order valence-corrected chi connectivity index (χ3v) is 5.14. The van der Waals surface area contributed by atoms with Crippen LogP contribution >= 0.6 is 0 Å². The highest BCUT2D eigenvalue weighted by Crippen LogP contribution is 2.33. The second-order valence-corrected chi connectivity index (χ2v) is 7.61. The second kappa shape index (κ2) is 10.6. The fourth-order valence-electron chi connectivity index (χ4n) is 3.36. The Morgan fingerprint density at radius 3 is 2.29 bits per heavy atom. The normalized spacial score (nSPS) is 11.1. The lowest BCUT2D eigenvalue weighted by molar-refractivity contribution is 0.104. The first-order valence-electron chi connectivity index (χ1n) is 10.3. The summed E-state index contributed by atoms with van der Waals surface area (Å²) in [5, 5.41) is 0. The minimum absolute atomic E-state index is 0.106. The van der Waals surface area contributed by atoms with Crippen LogP contribution in [-0.2, 0) is 6.42 Å². The largest absolute Gasteiger partial charge is 0.496 e. The highest BCUT2D eigenvalue weighted by atomic mass is 16.5. The predicted molar refractivity (Wildman–Crippen MR) is 127 cm³/mol. The Morgan fingerprint density at radius 1 is 0.903 bits per heavy atom.